The quantitative estimate of drug-likeness (QED) is 0.520. The van der Waals surface area contributed by atoms with E-state index in [4.69, 9.17) is 15.2 Å². The van der Waals surface area contributed by atoms with Gasteiger partial charge >= 0.3 is 13.1 Å². The number of carboxylic acid groups (broad SMARTS) is 1. The summed E-state index contributed by atoms with van der Waals surface area (Å²) in [6.07, 6.45) is 5.50. The molecule has 0 aromatic heterocycles. The minimum atomic E-state index is -1.55. The van der Waals surface area contributed by atoms with E-state index in [2.05, 4.69) is 25.9 Å². The fraction of sp³-hybridized carbons (Fsp3) is 0.533. The zero-order valence-electron chi connectivity index (χ0n) is 13.1. The topological polar surface area (TPSA) is 81.0 Å². The highest BCUT2D eigenvalue weighted by Gasteiger charge is 2.10. The standard InChI is InChI=1S/C8H19N.C7H7BO4/c1-4-5-6-7-8-9(2)3;9-7(10)5-1-3-6(4-2-5)8(11)12/h4-8H2,1-3H3;1-4,11-12H,(H,9,10). The molecule has 0 unspecified atom stereocenters. The molecule has 1 rings (SSSR count). The monoisotopic (exact) mass is 295 g/mol. The maximum atomic E-state index is 10.4. The Kier molecular flexibility index (Phi) is 10.6. The van der Waals surface area contributed by atoms with Gasteiger partial charge in [0.2, 0.25) is 0 Å². The molecule has 0 aliphatic heterocycles. The minimum absolute atomic E-state index is 0.124. The van der Waals surface area contributed by atoms with E-state index in [1.807, 2.05) is 0 Å². The van der Waals surface area contributed by atoms with Crippen molar-refractivity contribution in [1.29, 1.82) is 0 Å². The Morgan fingerprint density at radius 2 is 1.67 bits per heavy atom. The zero-order chi connectivity index (χ0) is 16.3. The number of aromatic carboxylic acids is 1. The summed E-state index contributed by atoms with van der Waals surface area (Å²) in [5.74, 6) is -1.03. The maximum Gasteiger partial charge on any atom is 0.488 e. The second kappa shape index (κ2) is 11.3. The Hall–Kier alpha value is -1.37. The Morgan fingerprint density at radius 3 is 2.05 bits per heavy atom. The van der Waals surface area contributed by atoms with Crippen molar-refractivity contribution in [3.63, 3.8) is 0 Å². The van der Waals surface area contributed by atoms with E-state index in [1.165, 1.54) is 56.5 Å². The van der Waals surface area contributed by atoms with Crippen molar-refractivity contribution >= 4 is 18.6 Å². The van der Waals surface area contributed by atoms with Gasteiger partial charge in [0.05, 0.1) is 5.56 Å². The number of benzene rings is 1. The van der Waals surface area contributed by atoms with Crippen molar-refractivity contribution in [2.24, 2.45) is 0 Å². The van der Waals surface area contributed by atoms with Crippen molar-refractivity contribution in [3.8, 4) is 0 Å². The third-order valence-electron chi connectivity index (χ3n) is 2.91. The lowest BCUT2D eigenvalue weighted by atomic mass is 9.80. The predicted molar refractivity (Wildman–Crippen MR) is 85.9 cm³/mol. The molecule has 0 radical (unpaired) electrons. The van der Waals surface area contributed by atoms with E-state index in [9.17, 15) is 4.79 Å². The van der Waals surface area contributed by atoms with Gasteiger partial charge in [0, 0.05) is 0 Å². The van der Waals surface area contributed by atoms with Crippen LogP contribution in [0.3, 0.4) is 0 Å². The average Bonchev–Trinajstić information content (AvgIpc) is 2.44. The summed E-state index contributed by atoms with van der Waals surface area (Å²) in [5.41, 5.74) is 0.402. The molecule has 1 aromatic carbocycles. The summed E-state index contributed by atoms with van der Waals surface area (Å²) in [7, 11) is 2.71. The lowest BCUT2D eigenvalue weighted by molar-refractivity contribution is 0.0697. The molecule has 6 heteroatoms. The molecule has 0 bridgehead atoms. The minimum Gasteiger partial charge on any atom is -0.478 e. The normalized spacial score (nSPS) is 10.0. The van der Waals surface area contributed by atoms with Crippen LogP contribution in [0.2, 0.25) is 0 Å². The van der Waals surface area contributed by atoms with E-state index >= 15 is 0 Å². The van der Waals surface area contributed by atoms with Gasteiger partial charge in [-0.2, -0.15) is 0 Å². The van der Waals surface area contributed by atoms with Crippen LogP contribution in [0.25, 0.3) is 0 Å². The summed E-state index contributed by atoms with van der Waals surface area (Å²) < 4.78 is 0. The number of nitrogens with zero attached hydrogens (tertiary/aromatic N) is 1. The maximum absolute atomic E-state index is 10.4. The van der Waals surface area contributed by atoms with Crippen molar-refractivity contribution in [2.75, 3.05) is 20.6 Å². The number of carboxylic acids is 1. The van der Waals surface area contributed by atoms with E-state index in [0.717, 1.165) is 0 Å². The Bertz CT molecular complexity index is 393. The number of unbranched alkanes of at least 4 members (excludes halogenated alkanes) is 3. The van der Waals surface area contributed by atoms with Crippen molar-refractivity contribution < 1.29 is 19.9 Å². The highest BCUT2D eigenvalue weighted by Crippen LogP contribution is 1.98. The van der Waals surface area contributed by atoms with Crippen LogP contribution in [0.5, 0.6) is 0 Å². The molecule has 21 heavy (non-hydrogen) atoms. The molecule has 0 amide bonds. The lowest BCUT2D eigenvalue weighted by Gasteiger charge is -2.07. The largest absolute Gasteiger partial charge is 0.488 e. The van der Waals surface area contributed by atoms with Gasteiger partial charge in [0.25, 0.3) is 0 Å². The van der Waals surface area contributed by atoms with Gasteiger partial charge in [0.1, 0.15) is 0 Å². The first kappa shape index (κ1) is 19.6. The first-order valence-electron chi connectivity index (χ1n) is 7.22. The van der Waals surface area contributed by atoms with Crippen molar-refractivity contribution in [1.82, 2.24) is 4.90 Å². The third kappa shape index (κ3) is 10.1. The second-order valence-electron chi connectivity index (χ2n) is 5.16. The van der Waals surface area contributed by atoms with Crippen LogP contribution >= 0.6 is 0 Å². The van der Waals surface area contributed by atoms with Crippen LogP contribution in [0, 0.1) is 0 Å². The Morgan fingerprint density at radius 1 is 1.10 bits per heavy atom. The molecule has 3 N–H and O–H groups in total. The summed E-state index contributed by atoms with van der Waals surface area (Å²) >= 11 is 0. The Labute approximate surface area is 127 Å². The molecule has 0 fully saturated rings. The molecule has 0 saturated carbocycles. The SMILES string of the molecule is CCCCCCN(C)C.O=C(O)c1ccc(B(O)O)cc1. The molecule has 0 spiro atoms. The van der Waals surface area contributed by atoms with Crippen molar-refractivity contribution in [3.05, 3.63) is 29.8 Å². The van der Waals surface area contributed by atoms with Gasteiger partial charge < -0.3 is 20.1 Å². The molecular weight excluding hydrogens is 269 g/mol. The Balaban J connectivity index is 0.000000400. The van der Waals surface area contributed by atoms with Gasteiger partial charge in [-0.1, -0.05) is 38.3 Å². The van der Waals surface area contributed by atoms with E-state index in [0.29, 0.717) is 0 Å². The van der Waals surface area contributed by atoms with Gasteiger partial charge in [0.15, 0.2) is 0 Å². The van der Waals surface area contributed by atoms with Crippen LogP contribution in [-0.4, -0.2) is 53.8 Å². The molecule has 5 nitrogen and oxygen atoms in total. The fourth-order valence-corrected chi connectivity index (χ4v) is 1.65. The summed E-state index contributed by atoms with van der Waals surface area (Å²) in [6.45, 7) is 3.50. The van der Waals surface area contributed by atoms with Crippen LogP contribution in [0.4, 0.5) is 0 Å². The van der Waals surface area contributed by atoms with Crippen LogP contribution in [0.1, 0.15) is 43.0 Å². The molecule has 0 saturated heterocycles. The third-order valence-corrected chi connectivity index (χ3v) is 2.91. The highest BCUT2D eigenvalue weighted by molar-refractivity contribution is 6.58. The molecule has 0 aliphatic rings. The molecule has 0 atom stereocenters. The smallest absolute Gasteiger partial charge is 0.478 e. The number of hydrogen-bond donors (Lipinski definition) is 3. The van der Waals surface area contributed by atoms with Gasteiger partial charge in [-0.25, -0.2) is 4.79 Å². The number of carbonyl (C=O) groups is 1. The van der Waals surface area contributed by atoms with Crippen LogP contribution < -0.4 is 5.46 Å². The molecule has 0 heterocycles. The molecular formula is C15H26BNO4. The van der Waals surface area contributed by atoms with E-state index < -0.39 is 13.1 Å². The van der Waals surface area contributed by atoms with E-state index in [-0.39, 0.29) is 11.0 Å². The average molecular weight is 295 g/mol. The first-order valence-corrected chi connectivity index (χ1v) is 7.22. The number of hydrogen-bond acceptors (Lipinski definition) is 4. The zero-order valence-corrected chi connectivity index (χ0v) is 13.1. The molecule has 0 aliphatic carbocycles. The number of rotatable bonds is 7. The molecule has 1 aromatic rings. The second-order valence-corrected chi connectivity index (χ2v) is 5.16. The lowest BCUT2D eigenvalue weighted by Crippen LogP contribution is -2.29. The summed E-state index contributed by atoms with van der Waals surface area (Å²) in [5, 5.41) is 25.8. The molecule has 118 valence electrons. The summed E-state index contributed by atoms with van der Waals surface area (Å²) in [4.78, 5) is 12.6. The van der Waals surface area contributed by atoms with E-state index in [1.54, 1.807) is 0 Å². The van der Waals surface area contributed by atoms with Crippen molar-refractivity contribution in [2.45, 2.75) is 32.6 Å². The predicted octanol–water partition coefficient (Wildman–Crippen LogP) is 1.19. The van der Waals surface area contributed by atoms with Gasteiger partial charge in [-0.05, 0) is 44.7 Å². The van der Waals surface area contributed by atoms with Crippen LogP contribution in [0.15, 0.2) is 24.3 Å². The fourth-order valence-electron chi connectivity index (χ4n) is 1.65. The highest BCUT2D eigenvalue weighted by atomic mass is 16.4. The van der Waals surface area contributed by atoms with Gasteiger partial charge in [-0.15, -0.1) is 0 Å². The van der Waals surface area contributed by atoms with Gasteiger partial charge in [-0.3, -0.25) is 0 Å². The first-order chi connectivity index (χ1) is 9.88. The van der Waals surface area contributed by atoms with Crippen LogP contribution in [-0.2, 0) is 0 Å². The summed E-state index contributed by atoms with van der Waals surface area (Å²) in [6, 6.07) is 5.34.